The van der Waals surface area contributed by atoms with Gasteiger partial charge in [-0.1, -0.05) is 53.6 Å². The van der Waals surface area contributed by atoms with Gasteiger partial charge in [-0.15, -0.1) is 0 Å². The molecule has 26 heavy (non-hydrogen) atoms. The number of nitrogens with zero attached hydrogens (tertiary/aromatic N) is 1. The van der Waals surface area contributed by atoms with E-state index < -0.39 is 11.1 Å². The first-order valence-corrected chi connectivity index (χ1v) is 9.17. The van der Waals surface area contributed by atoms with Crippen molar-refractivity contribution in [3.63, 3.8) is 0 Å². The number of benzene rings is 2. The van der Waals surface area contributed by atoms with Crippen LogP contribution in [-0.4, -0.2) is 26.3 Å². The van der Waals surface area contributed by atoms with E-state index in [0.29, 0.717) is 20.5 Å². The van der Waals surface area contributed by atoms with Crippen molar-refractivity contribution in [2.45, 2.75) is 0 Å². The monoisotopic (exact) mass is 424 g/mol. The molecule has 1 aliphatic rings. The van der Waals surface area contributed by atoms with Crippen LogP contribution in [0.25, 0.3) is 6.08 Å². The van der Waals surface area contributed by atoms with E-state index in [1.165, 1.54) is 12.1 Å². The smallest absolute Gasteiger partial charge is 0.310 e. The van der Waals surface area contributed by atoms with Crippen LogP contribution < -0.4 is 5.43 Å². The first-order chi connectivity index (χ1) is 12.4. The second kappa shape index (κ2) is 7.67. The molecule has 1 fully saturated rings. The zero-order valence-electron chi connectivity index (χ0n) is 12.9. The fourth-order valence-corrected chi connectivity index (χ4v) is 3.77. The summed E-state index contributed by atoms with van der Waals surface area (Å²) in [6.45, 7) is 0. The number of amides is 2. The minimum atomic E-state index is -0.648. The summed E-state index contributed by atoms with van der Waals surface area (Å²) in [5.41, 5.74) is 3.08. The molecule has 3 rings (SSSR count). The Labute approximate surface area is 168 Å². The number of hydrazine groups is 1. The van der Waals surface area contributed by atoms with Crippen molar-refractivity contribution in [2.24, 2.45) is 0 Å². The molecule has 0 aliphatic carbocycles. The lowest BCUT2D eigenvalue weighted by Gasteiger charge is -2.16. The van der Waals surface area contributed by atoms with Gasteiger partial charge in [0.05, 0.1) is 10.5 Å². The lowest BCUT2D eigenvalue weighted by atomic mass is 10.2. The Morgan fingerprint density at radius 3 is 2.65 bits per heavy atom. The molecule has 1 saturated heterocycles. The third kappa shape index (κ3) is 3.86. The summed E-state index contributed by atoms with van der Waals surface area (Å²) < 4.78 is 0. The number of aromatic hydroxyl groups is 1. The first-order valence-electron chi connectivity index (χ1n) is 7.19. The molecule has 132 valence electrons. The van der Waals surface area contributed by atoms with Crippen LogP contribution in [0.3, 0.4) is 0 Å². The SMILES string of the molecule is O=C(NN1C(=O)SC(=Cc2ccc(Cl)cc2Cl)C1=S)c1ccccc1O. The minimum absolute atomic E-state index is 0.0336. The highest BCUT2D eigenvalue weighted by Gasteiger charge is 2.33. The average Bonchev–Trinajstić information content (AvgIpc) is 2.85. The molecule has 0 saturated carbocycles. The van der Waals surface area contributed by atoms with Crippen molar-refractivity contribution in [1.29, 1.82) is 0 Å². The zero-order valence-corrected chi connectivity index (χ0v) is 16.0. The van der Waals surface area contributed by atoms with Crippen molar-refractivity contribution < 1.29 is 14.7 Å². The normalized spacial score (nSPS) is 15.6. The van der Waals surface area contributed by atoms with Gasteiger partial charge in [-0.3, -0.25) is 15.0 Å². The summed E-state index contributed by atoms with van der Waals surface area (Å²) in [4.78, 5) is 25.1. The lowest BCUT2D eigenvalue weighted by molar-refractivity contribution is 0.0893. The molecule has 5 nitrogen and oxygen atoms in total. The molecule has 0 bridgehead atoms. The van der Waals surface area contributed by atoms with E-state index in [-0.39, 0.29) is 16.3 Å². The van der Waals surface area contributed by atoms with E-state index in [1.54, 1.807) is 36.4 Å². The van der Waals surface area contributed by atoms with Crippen molar-refractivity contribution >= 4 is 69.4 Å². The topological polar surface area (TPSA) is 69.6 Å². The molecule has 2 aromatic rings. The molecule has 9 heteroatoms. The number of hydrogen-bond acceptors (Lipinski definition) is 5. The van der Waals surface area contributed by atoms with E-state index in [4.69, 9.17) is 35.4 Å². The second-order valence-electron chi connectivity index (χ2n) is 5.14. The number of nitrogens with one attached hydrogen (secondary N) is 1. The Bertz CT molecular complexity index is 963. The number of halogens is 2. The van der Waals surface area contributed by atoms with Gasteiger partial charge in [0.2, 0.25) is 0 Å². The quantitative estimate of drug-likeness (QED) is 0.542. The lowest BCUT2D eigenvalue weighted by Crippen LogP contribution is -2.44. The van der Waals surface area contributed by atoms with E-state index in [1.807, 2.05) is 0 Å². The molecule has 1 aliphatic heterocycles. The van der Waals surface area contributed by atoms with Crippen LogP contribution in [0, 0.1) is 0 Å². The molecule has 0 unspecified atom stereocenters. The van der Waals surface area contributed by atoms with Crippen molar-refractivity contribution in [1.82, 2.24) is 10.4 Å². The maximum atomic E-state index is 12.3. The number of phenols is 1. The van der Waals surface area contributed by atoms with E-state index in [2.05, 4.69) is 5.43 Å². The van der Waals surface area contributed by atoms with Gasteiger partial charge in [0.25, 0.3) is 5.91 Å². The largest absolute Gasteiger partial charge is 0.507 e. The standard InChI is InChI=1S/C17H10Cl2N2O3S2/c18-10-6-5-9(12(19)8-10)7-14-16(25)21(17(24)26-14)20-15(23)11-3-1-2-4-13(11)22/h1-8,22H,(H,20,23). The Kier molecular flexibility index (Phi) is 5.52. The molecule has 2 aromatic carbocycles. The Balaban J connectivity index is 1.82. The molecule has 0 atom stereocenters. The molecular weight excluding hydrogens is 415 g/mol. The van der Waals surface area contributed by atoms with Gasteiger partial charge in [-0.25, -0.2) is 0 Å². The fraction of sp³-hybridized carbons (Fsp3) is 0. The third-order valence-electron chi connectivity index (χ3n) is 3.40. The van der Waals surface area contributed by atoms with Crippen LogP contribution in [0.1, 0.15) is 15.9 Å². The summed E-state index contributed by atoms with van der Waals surface area (Å²) in [5, 5.41) is 11.2. The van der Waals surface area contributed by atoms with Crippen molar-refractivity contribution in [3.8, 4) is 5.75 Å². The van der Waals surface area contributed by atoms with E-state index in [0.717, 1.165) is 16.8 Å². The molecule has 0 spiro atoms. The molecule has 1 heterocycles. The molecule has 2 amide bonds. The number of hydrogen-bond donors (Lipinski definition) is 2. The summed E-state index contributed by atoms with van der Waals surface area (Å²) in [5.74, 6) is -0.843. The van der Waals surface area contributed by atoms with Gasteiger partial charge in [0, 0.05) is 10.0 Å². The second-order valence-corrected chi connectivity index (χ2v) is 7.36. The van der Waals surface area contributed by atoms with Crippen LogP contribution in [0.5, 0.6) is 5.75 Å². The van der Waals surface area contributed by atoms with Crippen LogP contribution in [-0.2, 0) is 0 Å². The van der Waals surface area contributed by atoms with Gasteiger partial charge in [-0.2, -0.15) is 5.01 Å². The van der Waals surface area contributed by atoms with Crippen LogP contribution in [0.4, 0.5) is 4.79 Å². The number of thioether (sulfide) groups is 1. The van der Waals surface area contributed by atoms with Gasteiger partial charge in [-0.05, 0) is 47.7 Å². The van der Waals surface area contributed by atoms with Crippen LogP contribution in [0.15, 0.2) is 47.4 Å². The van der Waals surface area contributed by atoms with Gasteiger partial charge >= 0.3 is 5.24 Å². The number of para-hydroxylation sites is 1. The predicted octanol–water partition coefficient (Wildman–Crippen LogP) is 4.88. The fourth-order valence-electron chi connectivity index (χ4n) is 2.15. The summed E-state index contributed by atoms with van der Waals surface area (Å²) in [7, 11) is 0. The van der Waals surface area contributed by atoms with Crippen molar-refractivity contribution in [3.05, 3.63) is 68.5 Å². The Morgan fingerprint density at radius 1 is 1.23 bits per heavy atom. The zero-order chi connectivity index (χ0) is 18.8. The number of phenolic OH excluding ortho intramolecular Hbond substituents is 1. The molecule has 0 radical (unpaired) electrons. The summed E-state index contributed by atoms with van der Waals surface area (Å²) in [6.07, 6.45) is 1.65. The maximum absolute atomic E-state index is 12.3. The average molecular weight is 425 g/mol. The number of rotatable bonds is 3. The minimum Gasteiger partial charge on any atom is -0.507 e. The highest BCUT2D eigenvalue weighted by Crippen LogP contribution is 2.34. The maximum Gasteiger partial charge on any atom is 0.310 e. The van der Waals surface area contributed by atoms with E-state index >= 15 is 0 Å². The van der Waals surface area contributed by atoms with Gasteiger partial charge < -0.3 is 5.11 Å². The predicted molar refractivity (Wildman–Crippen MR) is 107 cm³/mol. The Hall–Kier alpha value is -2.06. The first kappa shape index (κ1) is 18.7. The van der Waals surface area contributed by atoms with Crippen molar-refractivity contribution in [2.75, 3.05) is 0 Å². The van der Waals surface area contributed by atoms with Crippen LogP contribution in [0.2, 0.25) is 10.0 Å². The van der Waals surface area contributed by atoms with Crippen LogP contribution >= 0.6 is 47.2 Å². The van der Waals surface area contributed by atoms with Gasteiger partial charge in [0.1, 0.15) is 10.7 Å². The molecular formula is C17H10Cl2N2O3S2. The molecule has 0 aromatic heterocycles. The summed E-state index contributed by atoms with van der Waals surface area (Å²) >= 11 is 18.1. The Morgan fingerprint density at radius 2 is 1.96 bits per heavy atom. The number of carbonyl (C=O) groups excluding carboxylic acids is 2. The third-order valence-corrected chi connectivity index (χ3v) is 5.39. The summed E-state index contributed by atoms with van der Waals surface area (Å²) in [6, 6.07) is 11.0. The van der Waals surface area contributed by atoms with E-state index in [9.17, 15) is 14.7 Å². The number of carbonyl (C=O) groups is 2. The molecule has 2 N–H and O–H groups in total. The number of thiocarbonyl (C=S) groups is 1. The highest BCUT2D eigenvalue weighted by molar-refractivity contribution is 8.19. The van der Waals surface area contributed by atoms with Gasteiger partial charge in [0.15, 0.2) is 0 Å². The highest BCUT2D eigenvalue weighted by atomic mass is 35.5.